The Labute approximate surface area is 135 Å². The summed E-state index contributed by atoms with van der Waals surface area (Å²) in [5.74, 6) is -1.99. The van der Waals surface area contributed by atoms with Gasteiger partial charge in [-0.1, -0.05) is 34.1 Å². The average Bonchev–Trinajstić information content (AvgIpc) is 2.54. The van der Waals surface area contributed by atoms with Gasteiger partial charge in [0.2, 0.25) is 0 Å². The van der Waals surface area contributed by atoms with Gasteiger partial charge in [-0.3, -0.25) is 4.79 Å². The maximum Gasteiger partial charge on any atom is 0.341 e. The number of hydrogen-bond acceptors (Lipinski definition) is 3. The Hall–Kier alpha value is -2.21. The standard InChI is InChI=1S/C16H13BrFNO3/c1-19(12-5-3-2-4-6-12)15(20)10-22-16(21)13-9-11(17)7-8-14(13)18/h2-9H,10H2,1H3. The summed E-state index contributed by atoms with van der Waals surface area (Å²) >= 11 is 3.15. The van der Waals surface area contributed by atoms with Crippen LogP contribution in [0.5, 0.6) is 0 Å². The summed E-state index contributed by atoms with van der Waals surface area (Å²) in [5.41, 5.74) is 0.460. The number of ether oxygens (including phenoxy) is 1. The number of hydrogen-bond donors (Lipinski definition) is 0. The van der Waals surface area contributed by atoms with Crippen molar-refractivity contribution in [2.45, 2.75) is 0 Å². The second-order valence-corrected chi connectivity index (χ2v) is 5.40. The first kappa shape index (κ1) is 16.2. The van der Waals surface area contributed by atoms with Crippen LogP contribution in [0.3, 0.4) is 0 Å². The molecule has 4 nitrogen and oxygen atoms in total. The van der Waals surface area contributed by atoms with Gasteiger partial charge in [0.25, 0.3) is 5.91 Å². The molecule has 0 unspecified atom stereocenters. The van der Waals surface area contributed by atoms with E-state index >= 15 is 0 Å². The third-order valence-corrected chi connectivity index (χ3v) is 3.49. The predicted octanol–water partition coefficient (Wildman–Crippen LogP) is 3.41. The summed E-state index contributed by atoms with van der Waals surface area (Å²) in [5, 5.41) is 0. The SMILES string of the molecule is CN(C(=O)COC(=O)c1cc(Br)ccc1F)c1ccccc1. The van der Waals surface area contributed by atoms with Crippen LogP contribution in [-0.4, -0.2) is 25.5 Å². The van der Waals surface area contributed by atoms with Crippen molar-refractivity contribution in [2.24, 2.45) is 0 Å². The lowest BCUT2D eigenvalue weighted by molar-refractivity contribution is -0.121. The highest BCUT2D eigenvalue weighted by Crippen LogP contribution is 2.17. The van der Waals surface area contributed by atoms with Crippen LogP contribution in [0.25, 0.3) is 0 Å². The van der Waals surface area contributed by atoms with Crippen molar-refractivity contribution >= 4 is 33.5 Å². The highest BCUT2D eigenvalue weighted by Gasteiger charge is 2.17. The third-order valence-electron chi connectivity index (χ3n) is 2.99. The van der Waals surface area contributed by atoms with Crippen molar-refractivity contribution in [3.63, 3.8) is 0 Å². The van der Waals surface area contributed by atoms with Crippen LogP contribution in [0.1, 0.15) is 10.4 Å². The molecule has 0 fully saturated rings. The number of esters is 1. The van der Waals surface area contributed by atoms with Gasteiger partial charge in [0.15, 0.2) is 6.61 Å². The molecule has 0 radical (unpaired) electrons. The fourth-order valence-electron chi connectivity index (χ4n) is 1.75. The number of para-hydroxylation sites is 1. The molecule has 6 heteroatoms. The number of amides is 1. The van der Waals surface area contributed by atoms with Crippen LogP contribution in [-0.2, 0) is 9.53 Å². The Morgan fingerprint density at radius 3 is 2.55 bits per heavy atom. The predicted molar refractivity (Wildman–Crippen MR) is 84.2 cm³/mol. The molecule has 2 aromatic rings. The third kappa shape index (κ3) is 3.92. The fourth-order valence-corrected chi connectivity index (χ4v) is 2.11. The molecule has 1 amide bonds. The van der Waals surface area contributed by atoms with Gasteiger partial charge in [0.05, 0.1) is 5.56 Å². The van der Waals surface area contributed by atoms with E-state index in [-0.39, 0.29) is 5.56 Å². The molecule has 22 heavy (non-hydrogen) atoms. The van der Waals surface area contributed by atoms with Crippen LogP contribution in [0.4, 0.5) is 10.1 Å². The van der Waals surface area contributed by atoms with Crippen molar-refractivity contribution in [3.8, 4) is 0 Å². The molecule has 0 N–H and O–H groups in total. The number of rotatable bonds is 4. The van der Waals surface area contributed by atoms with Gasteiger partial charge in [-0.2, -0.15) is 0 Å². The number of halogens is 2. The minimum atomic E-state index is -0.881. The molecule has 2 aromatic carbocycles. The largest absolute Gasteiger partial charge is 0.452 e. The molecule has 0 atom stereocenters. The highest BCUT2D eigenvalue weighted by molar-refractivity contribution is 9.10. The molecular formula is C16H13BrFNO3. The van der Waals surface area contributed by atoms with Crippen molar-refractivity contribution in [3.05, 3.63) is 64.4 Å². The van der Waals surface area contributed by atoms with Gasteiger partial charge in [-0.25, -0.2) is 9.18 Å². The van der Waals surface area contributed by atoms with E-state index in [0.29, 0.717) is 10.2 Å². The minimum absolute atomic E-state index is 0.218. The van der Waals surface area contributed by atoms with Crippen molar-refractivity contribution in [1.29, 1.82) is 0 Å². The fraction of sp³-hybridized carbons (Fsp3) is 0.125. The minimum Gasteiger partial charge on any atom is -0.452 e. The lowest BCUT2D eigenvalue weighted by Crippen LogP contribution is -2.31. The molecule has 114 valence electrons. The van der Waals surface area contributed by atoms with Crippen LogP contribution < -0.4 is 4.90 Å². The summed E-state index contributed by atoms with van der Waals surface area (Å²) < 4.78 is 19.0. The lowest BCUT2D eigenvalue weighted by atomic mass is 10.2. The number of nitrogens with zero attached hydrogens (tertiary/aromatic N) is 1. The van der Waals surface area contributed by atoms with Gasteiger partial charge in [-0.15, -0.1) is 0 Å². The number of likely N-dealkylation sites (N-methyl/N-ethyl adjacent to an activating group) is 1. The molecule has 0 saturated carbocycles. The molecule has 0 saturated heterocycles. The first-order valence-corrected chi connectivity index (χ1v) is 7.22. The van der Waals surface area contributed by atoms with E-state index in [9.17, 15) is 14.0 Å². The quantitative estimate of drug-likeness (QED) is 0.780. The Morgan fingerprint density at radius 2 is 1.86 bits per heavy atom. The Balaban J connectivity index is 1.99. The molecule has 0 aliphatic rings. The maximum atomic E-state index is 13.6. The van der Waals surface area contributed by atoms with E-state index in [0.717, 1.165) is 6.07 Å². The van der Waals surface area contributed by atoms with Gasteiger partial charge in [0.1, 0.15) is 5.82 Å². The van der Waals surface area contributed by atoms with E-state index < -0.39 is 24.3 Å². The van der Waals surface area contributed by atoms with E-state index in [4.69, 9.17) is 4.74 Å². The Kier molecular flexibility index (Phi) is 5.27. The second kappa shape index (κ2) is 7.17. The summed E-state index contributed by atoms with van der Waals surface area (Å²) in [6.07, 6.45) is 0. The molecule has 0 bridgehead atoms. The van der Waals surface area contributed by atoms with E-state index in [2.05, 4.69) is 15.9 Å². The van der Waals surface area contributed by atoms with Gasteiger partial charge >= 0.3 is 5.97 Å². The van der Waals surface area contributed by atoms with Crippen LogP contribution in [0, 0.1) is 5.82 Å². The highest BCUT2D eigenvalue weighted by atomic mass is 79.9. The Bertz CT molecular complexity index is 691. The first-order valence-electron chi connectivity index (χ1n) is 6.43. The summed E-state index contributed by atoms with van der Waals surface area (Å²) in [6.45, 7) is -0.462. The van der Waals surface area contributed by atoms with Crippen LogP contribution >= 0.6 is 15.9 Å². The van der Waals surface area contributed by atoms with Gasteiger partial charge in [0, 0.05) is 17.2 Å². The number of carbonyl (C=O) groups is 2. The average molecular weight is 366 g/mol. The number of anilines is 1. The zero-order valence-electron chi connectivity index (χ0n) is 11.8. The zero-order chi connectivity index (χ0) is 16.1. The van der Waals surface area contributed by atoms with Crippen LogP contribution in [0.15, 0.2) is 53.0 Å². The van der Waals surface area contributed by atoms with Gasteiger partial charge < -0.3 is 9.64 Å². The van der Waals surface area contributed by atoms with Crippen molar-refractivity contribution < 1.29 is 18.7 Å². The van der Waals surface area contributed by atoms with E-state index in [1.54, 1.807) is 31.3 Å². The lowest BCUT2D eigenvalue weighted by Gasteiger charge is -2.17. The molecule has 0 aromatic heterocycles. The Morgan fingerprint density at radius 1 is 1.18 bits per heavy atom. The molecule has 0 spiro atoms. The molecule has 0 aliphatic carbocycles. The molecular weight excluding hydrogens is 353 g/mol. The zero-order valence-corrected chi connectivity index (χ0v) is 13.3. The molecule has 0 aliphatic heterocycles. The maximum absolute atomic E-state index is 13.6. The molecule has 2 rings (SSSR count). The summed E-state index contributed by atoms with van der Waals surface area (Å²) in [6, 6.07) is 12.9. The molecule has 0 heterocycles. The number of benzene rings is 2. The summed E-state index contributed by atoms with van der Waals surface area (Å²) in [4.78, 5) is 25.2. The monoisotopic (exact) mass is 365 g/mol. The summed E-state index contributed by atoms with van der Waals surface area (Å²) in [7, 11) is 1.57. The van der Waals surface area contributed by atoms with E-state index in [1.807, 2.05) is 6.07 Å². The normalized spacial score (nSPS) is 10.1. The van der Waals surface area contributed by atoms with Crippen molar-refractivity contribution in [1.82, 2.24) is 0 Å². The smallest absolute Gasteiger partial charge is 0.341 e. The van der Waals surface area contributed by atoms with Crippen LogP contribution in [0.2, 0.25) is 0 Å². The second-order valence-electron chi connectivity index (χ2n) is 4.49. The van der Waals surface area contributed by atoms with Gasteiger partial charge in [-0.05, 0) is 30.3 Å². The topological polar surface area (TPSA) is 46.6 Å². The van der Waals surface area contributed by atoms with Crippen molar-refractivity contribution in [2.75, 3.05) is 18.6 Å². The number of carbonyl (C=O) groups excluding carboxylic acids is 2. The van der Waals surface area contributed by atoms with E-state index in [1.165, 1.54) is 17.0 Å². The first-order chi connectivity index (χ1) is 10.5.